The molecule has 3 rings (SSSR count). The average molecular weight is 642 g/mol. The normalized spacial score (nSPS) is 12.3. The molecule has 17 heteroatoms. The van der Waals surface area contributed by atoms with Crippen LogP contribution in [0.5, 0.6) is 5.75 Å². The van der Waals surface area contributed by atoms with E-state index in [0.717, 1.165) is 23.8 Å². The van der Waals surface area contributed by atoms with Crippen LogP contribution in [0.1, 0.15) is 25.3 Å². The van der Waals surface area contributed by atoms with Gasteiger partial charge in [0.2, 0.25) is 10.0 Å². The summed E-state index contributed by atoms with van der Waals surface area (Å²) >= 11 is 0. The first-order valence-electron chi connectivity index (χ1n) is 12.5. The topological polar surface area (TPSA) is 222 Å². The molecule has 0 aliphatic heterocycles. The van der Waals surface area contributed by atoms with Gasteiger partial charge < -0.3 is 15.8 Å². The van der Waals surface area contributed by atoms with Gasteiger partial charge in [-0.1, -0.05) is 21.4 Å². The SMILES string of the molecule is CCOc1cc(Nc2ccc(S(=O)(=O)N(CCCCS(N)(=O)=O)S(=O)(=O)c3ccc(C)cc3)cc2[N+](=O)[O-])ccc1N. The van der Waals surface area contributed by atoms with E-state index in [1.165, 1.54) is 36.4 Å². The molecule has 3 aromatic rings. The van der Waals surface area contributed by atoms with E-state index >= 15 is 0 Å². The Bertz CT molecular complexity index is 1780. The Hall–Kier alpha value is -3.77. The van der Waals surface area contributed by atoms with Gasteiger partial charge >= 0.3 is 0 Å². The summed E-state index contributed by atoms with van der Waals surface area (Å²) < 4.78 is 82.8. The van der Waals surface area contributed by atoms with Crippen molar-refractivity contribution in [2.45, 2.75) is 36.5 Å². The molecule has 0 spiro atoms. The van der Waals surface area contributed by atoms with Crippen LogP contribution in [0.15, 0.2) is 70.5 Å². The number of unbranched alkanes of at least 4 members (excludes halogenated alkanes) is 1. The number of primary sulfonamides is 1. The standard InChI is InChI=1S/C25H31N5O9S3/c1-3-39-25-16-19(8-12-22(25)26)28-23-13-11-21(17-24(23)30(31)32)42(37,38)29(14-4-5-15-40(27,33)34)41(35,36)20-9-6-18(2)7-10-20/h6-13,16-17,28H,3-5,14-15,26H2,1-2H3,(H2,27,33,34). The molecule has 0 aromatic heterocycles. The number of nitro benzene ring substituents is 1. The largest absolute Gasteiger partial charge is 0.492 e. The van der Waals surface area contributed by atoms with Gasteiger partial charge in [-0.15, -0.1) is 0 Å². The minimum atomic E-state index is -4.90. The maximum absolute atomic E-state index is 13.7. The van der Waals surface area contributed by atoms with Crippen molar-refractivity contribution in [3.63, 3.8) is 0 Å². The third kappa shape index (κ3) is 7.95. The number of ether oxygens (including phenoxy) is 1. The molecule has 0 atom stereocenters. The number of nitrogen functional groups attached to an aromatic ring is 1. The second-order valence-corrected chi connectivity index (χ2v) is 14.8. The molecule has 0 heterocycles. The van der Waals surface area contributed by atoms with E-state index in [9.17, 15) is 35.4 Å². The van der Waals surface area contributed by atoms with Crippen LogP contribution in [-0.4, -0.2) is 52.8 Å². The summed E-state index contributed by atoms with van der Waals surface area (Å²) in [6, 6.07) is 13.0. The van der Waals surface area contributed by atoms with E-state index in [4.69, 9.17) is 15.6 Å². The summed E-state index contributed by atoms with van der Waals surface area (Å²) in [7, 11) is -13.5. The second-order valence-electron chi connectivity index (χ2n) is 9.14. The Labute approximate surface area is 244 Å². The third-order valence-electron chi connectivity index (χ3n) is 5.93. The first-order valence-corrected chi connectivity index (χ1v) is 17.1. The summed E-state index contributed by atoms with van der Waals surface area (Å²) in [4.78, 5) is 10.2. The Morgan fingerprint density at radius 3 is 2.12 bits per heavy atom. The molecule has 0 aliphatic rings. The number of sulfonamides is 3. The van der Waals surface area contributed by atoms with Crippen molar-refractivity contribution >= 4 is 52.8 Å². The van der Waals surface area contributed by atoms with Gasteiger partial charge in [0.15, 0.2) is 0 Å². The van der Waals surface area contributed by atoms with E-state index in [1.807, 2.05) is 0 Å². The molecule has 5 N–H and O–H groups in total. The summed E-state index contributed by atoms with van der Waals surface area (Å²) in [6.45, 7) is 3.17. The van der Waals surface area contributed by atoms with Crippen molar-refractivity contribution in [1.29, 1.82) is 0 Å². The Balaban J connectivity index is 2.05. The minimum Gasteiger partial charge on any atom is -0.492 e. The molecule has 14 nitrogen and oxygen atoms in total. The lowest BCUT2D eigenvalue weighted by molar-refractivity contribution is -0.384. The molecule has 0 fully saturated rings. The number of rotatable bonds is 14. The van der Waals surface area contributed by atoms with Gasteiger partial charge in [-0.2, -0.15) is 0 Å². The number of benzene rings is 3. The number of anilines is 3. The second kappa shape index (κ2) is 13.0. The molecular weight excluding hydrogens is 611 g/mol. The van der Waals surface area contributed by atoms with Crippen molar-refractivity contribution < 1.29 is 34.9 Å². The number of hydrogen-bond donors (Lipinski definition) is 3. The Morgan fingerprint density at radius 1 is 0.905 bits per heavy atom. The zero-order valence-electron chi connectivity index (χ0n) is 22.8. The highest BCUT2D eigenvalue weighted by atomic mass is 32.3. The fourth-order valence-electron chi connectivity index (χ4n) is 3.84. The molecule has 0 bridgehead atoms. The van der Waals surface area contributed by atoms with E-state index in [0.29, 0.717) is 23.7 Å². The summed E-state index contributed by atoms with van der Waals surface area (Å²) in [6.07, 6.45) is -0.301. The maximum Gasteiger partial charge on any atom is 0.294 e. The molecule has 0 unspecified atom stereocenters. The quantitative estimate of drug-likeness (QED) is 0.100. The molecular formula is C25H31N5O9S3. The smallest absolute Gasteiger partial charge is 0.294 e. The van der Waals surface area contributed by atoms with Gasteiger partial charge in [0.25, 0.3) is 25.7 Å². The van der Waals surface area contributed by atoms with Gasteiger partial charge in [0.1, 0.15) is 11.4 Å². The molecule has 228 valence electrons. The summed E-state index contributed by atoms with van der Waals surface area (Å²) in [5.74, 6) is -0.156. The molecule has 0 radical (unpaired) electrons. The highest BCUT2D eigenvalue weighted by Gasteiger charge is 2.37. The monoisotopic (exact) mass is 641 g/mol. The van der Waals surface area contributed by atoms with Crippen LogP contribution >= 0.6 is 0 Å². The van der Waals surface area contributed by atoms with Gasteiger partial charge in [0, 0.05) is 24.4 Å². The number of nitrogens with zero attached hydrogens (tertiary/aromatic N) is 2. The van der Waals surface area contributed by atoms with Crippen LogP contribution < -0.4 is 20.9 Å². The number of nitrogens with two attached hydrogens (primary N) is 2. The van der Waals surface area contributed by atoms with Gasteiger partial charge in [-0.05, 0) is 63.1 Å². The van der Waals surface area contributed by atoms with Gasteiger partial charge in [-0.3, -0.25) is 10.1 Å². The summed E-state index contributed by atoms with van der Waals surface area (Å²) in [5.41, 5.74) is 6.59. The fourth-order valence-corrected chi connectivity index (χ4v) is 8.18. The lowest BCUT2D eigenvalue weighted by Crippen LogP contribution is -2.38. The zero-order valence-corrected chi connectivity index (χ0v) is 25.2. The minimum absolute atomic E-state index is 0.0766. The Morgan fingerprint density at radius 2 is 1.52 bits per heavy atom. The maximum atomic E-state index is 13.7. The van der Waals surface area contributed by atoms with Gasteiger partial charge in [-0.25, -0.2) is 30.4 Å². The highest BCUT2D eigenvalue weighted by molar-refractivity contribution is 8.04. The van der Waals surface area contributed by atoms with E-state index in [2.05, 4.69) is 5.32 Å². The van der Waals surface area contributed by atoms with Crippen LogP contribution in [0, 0.1) is 17.0 Å². The number of nitro groups is 1. The van der Waals surface area contributed by atoms with Crippen molar-refractivity contribution in [1.82, 2.24) is 3.71 Å². The first kappa shape index (κ1) is 32.7. The Kier molecular flexibility index (Phi) is 10.2. The van der Waals surface area contributed by atoms with Crippen LogP contribution in [-0.2, 0) is 30.1 Å². The number of nitrogens with one attached hydrogen (secondary N) is 1. The van der Waals surface area contributed by atoms with Gasteiger partial charge in [0.05, 0.1) is 32.8 Å². The van der Waals surface area contributed by atoms with Crippen molar-refractivity contribution in [3.05, 3.63) is 76.3 Å². The lowest BCUT2D eigenvalue weighted by Gasteiger charge is -2.22. The zero-order chi connectivity index (χ0) is 31.3. The van der Waals surface area contributed by atoms with Crippen molar-refractivity contribution in [2.75, 3.05) is 30.0 Å². The predicted molar refractivity (Wildman–Crippen MR) is 158 cm³/mol. The van der Waals surface area contributed by atoms with Crippen LogP contribution in [0.3, 0.4) is 0 Å². The van der Waals surface area contributed by atoms with E-state index in [-0.39, 0.29) is 27.1 Å². The predicted octanol–water partition coefficient (Wildman–Crippen LogP) is 3.08. The molecule has 0 saturated heterocycles. The number of aryl methyl sites for hydroxylation is 1. The van der Waals surface area contributed by atoms with Crippen LogP contribution in [0.2, 0.25) is 0 Å². The number of hydrogen-bond acceptors (Lipinski definition) is 11. The third-order valence-corrected chi connectivity index (χ3v) is 11.1. The van der Waals surface area contributed by atoms with Crippen LogP contribution in [0.4, 0.5) is 22.7 Å². The molecule has 0 amide bonds. The average Bonchev–Trinajstić information content (AvgIpc) is 2.90. The first-order chi connectivity index (χ1) is 19.6. The highest BCUT2D eigenvalue weighted by Crippen LogP contribution is 2.35. The molecule has 0 aliphatic carbocycles. The molecule has 42 heavy (non-hydrogen) atoms. The van der Waals surface area contributed by atoms with Crippen molar-refractivity contribution in [3.8, 4) is 5.75 Å². The fraction of sp³-hybridized carbons (Fsp3) is 0.280. The van der Waals surface area contributed by atoms with E-state index < -0.39 is 57.9 Å². The molecule has 0 saturated carbocycles. The summed E-state index contributed by atoms with van der Waals surface area (Å²) in [5, 5.41) is 19.8. The van der Waals surface area contributed by atoms with Crippen LogP contribution in [0.25, 0.3) is 0 Å². The molecule has 3 aromatic carbocycles. The lowest BCUT2D eigenvalue weighted by atomic mass is 10.2. The van der Waals surface area contributed by atoms with Crippen molar-refractivity contribution in [2.24, 2.45) is 5.14 Å². The van der Waals surface area contributed by atoms with E-state index in [1.54, 1.807) is 19.9 Å².